The largest absolute Gasteiger partial charge is 0.756 e. The van der Waals surface area contributed by atoms with Crippen LogP contribution < -0.4 is 26.8 Å². The van der Waals surface area contributed by atoms with Crippen molar-refractivity contribution in [2.75, 3.05) is 19.8 Å². The molecule has 2 aliphatic heterocycles. The topological polar surface area (TPSA) is 315 Å². The highest BCUT2D eigenvalue weighted by Gasteiger charge is 2.53. The quantitative estimate of drug-likeness (QED) is 0.0489. The van der Waals surface area contributed by atoms with Crippen molar-refractivity contribution >= 4 is 25.6 Å². The minimum Gasteiger partial charge on any atom is -0.756 e. The van der Waals surface area contributed by atoms with E-state index in [2.05, 4.69) is 17.5 Å². The second-order valence-corrected chi connectivity index (χ2v) is 14.2. The second-order valence-electron chi connectivity index (χ2n) is 12.9. The Bertz CT molecular complexity index is 1340. The minimum atomic E-state index is -5.63. The first-order valence-corrected chi connectivity index (χ1v) is 18.1. The molecule has 2 amide bonds. The molecule has 20 heteroatoms. The summed E-state index contributed by atoms with van der Waals surface area (Å²) in [4.78, 5) is 48.4. The maximum Gasteiger partial charge on any atom is 0.270 e. The van der Waals surface area contributed by atoms with Crippen LogP contribution in [0.3, 0.4) is 0 Å². The Kier molecular flexibility index (Phi) is 18.7. The molecule has 0 aromatic rings. The van der Waals surface area contributed by atoms with E-state index in [0.29, 0.717) is 6.42 Å². The number of carboxylic acids is 1. The third-order valence-corrected chi connectivity index (χ3v) is 9.12. The van der Waals surface area contributed by atoms with Gasteiger partial charge in [0.2, 0.25) is 11.8 Å². The van der Waals surface area contributed by atoms with Crippen LogP contribution in [0, 0.1) is 0 Å². The van der Waals surface area contributed by atoms with E-state index in [0.717, 1.165) is 31.8 Å². The van der Waals surface area contributed by atoms with Crippen molar-refractivity contribution in [2.24, 2.45) is 11.5 Å². The van der Waals surface area contributed by atoms with Gasteiger partial charge in [0, 0.05) is 6.92 Å². The van der Waals surface area contributed by atoms with Crippen LogP contribution in [0.25, 0.3) is 0 Å². The lowest BCUT2D eigenvalue weighted by Crippen LogP contribution is -2.70. The Morgan fingerprint density at radius 3 is 2.12 bits per heavy atom. The molecule has 2 heterocycles. The normalized spacial score (nSPS) is 31.7. The number of aliphatic hydroxyl groups is 4. The predicted octanol–water partition coefficient (Wildman–Crippen LogP) is -2.73. The predicted molar refractivity (Wildman–Crippen MR) is 177 cm³/mol. The van der Waals surface area contributed by atoms with E-state index >= 15 is 0 Å². The monoisotopic (exact) mass is 765 g/mol. The van der Waals surface area contributed by atoms with E-state index in [1.165, 1.54) is 11.1 Å². The zero-order valence-electron chi connectivity index (χ0n) is 29.8. The highest BCUT2D eigenvalue weighted by Crippen LogP contribution is 2.43. The molecule has 19 nitrogen and oxygen atoms in total. The molecule has 0 bridgehead atoms. The van der Waals surface area contributed by atoms with Gasteiger partial charge >= 0.3 is 0 Å². The van der Waals surface area contributed by atoms with Crippen LogP contribution >= 0.6 is 7.82 Å². The number of amides is 2. The van der Waals surface area contributed by atoms with Crippen LogP contribution in [0.5, 0.6) is 0 Å². The van der Waals surface area contributed by atoms with Crippen molar-refractivity contribution in [2.45, 2.75) is 128 Å². The summed E-state index contributed by atoms with van der Waals surface area (Å²) in [5.74, 6) is -3.82. The second kappa shape index (κ2) is 21.3. The van der Waals surface area contributed by atoms with Gasteiger partial charge in [0.05, 0.1) is 44.0 Å². The number of nitrogens with one attached hydrogen (secondary N) is 1. The molecule has 0 aromatic heterocycles. The number of carbonyl (C=O) groups is 3. The first kappa shape index (κ1) is 45.5. The number of ether oxygens (including phenoxy) is 4. The molecule has 0 saturated carbocycles. The molecule has 2 aliphatic rings. The highest BCUT2D eigenvalue weighted by molar-refractivity contribution is 7.45. The summed E-state index contributed by atoms with van der Waals surface area (Å²) in [5.41, 5.74) is 14.6. The molecule has 12 atom stereocenters. The smallest absolute Gasteiger partial charge is 0.270 e. The molecule has 0 spiro atoms. The Morgan fingerprint density at radius 2 is 1.56 bits per heavy atom. The van der Waals surface area contributed by atoms with Gasteiger partial charge in [-0.2, -0.15) is 0 Å². The summed E-state index contributed by atoms with van der Waals surface area (Å²) in [5, 5.41) is 55.5. The van der Waals surface area contributed by atoms with Gasteiger partial charge in [-0.3, -0.25) is 18.7 Å². The number of carboxylic acid groups (broad SMARTS) is 1. The number of rotatable bonds is 20. The van der Waals surface area contributed by atoms with Crippen LogP contribution in [-0.4, -0.2) is 125 Å². The third-order valence-electron chi connectivity index (χ3n) is 8.19. The fourth-order valence-corrected chi connectivity index (χ4v) is 6.05. The van der Waals surface area contributed by atoms with Gasteiger partial charge < -0.3 is 75.5 Å². The van der Waals surface area contributed by atoms with E-state index < -0.39 is 106 Å². The van der Waals surface area contributed by atoms with E-state index in [-0.39, 0.29) is 6.61 Å². The first-order valence-electron chi connectivity index (χ1n) is 16.6. The van der Waals surface area contributed by atoms with Crippen molar-refractivity contribution in [3.05, 3.63) is 34.9 Å². The lowest BCUT2D eigenvalue weighted by molar-refractivity contribution is -0.342. The van der Waals surface area contributed by atoms with Crippen LogP contribution in [0.1, 0.15) is 60.3 Å². The van der Waals surface area contributed by atoms with Gasteiger partial charge in [-0.15, -0.1) is 0 Å². The standard InChI is InChI=1S/C32H54N3O16P/c1-16(2)8-6-9-17(3)10-7-11-18(4)12-13-46-21(30(42)43)15-47-52(44,45)51-32-28(26(40)25(39)27(49-32)29(34)41)50-31-23(35-19(5)37)22(33)24(38)20(14-36)48-31/h8,10,12,20-28,31-32,36,38-40H,6-7,9,11,13-15,33H2,1-5H3,(H2,34,41)(H,35,37)(H,42,43)(H,44,45)/p-2/b17-10+,18-12-/t20?,21-,22-,23?,24+,25?,26+,27?,28-,31+,32?/m1/s1. The maximum atomic E-state index is 12.9. The van der Waals surface area contributed by atoms with E-state index in [4.69, 9.17) is 39.5 Å². The lowest BCUT2D eigenvalue weighted by Gasteiger charge is -2.47. The molecule has 2 fully saturated rings. The molecule has 2 saturated heterocycles. The van der Waals surface area contributed by atoms with Crippen LogP contribution in [0.4, 0.5) is 0 Å². The van der Waals surface area contributed by atoms with E-state index in [1.54, 1.807) is 6.08 Å². The van der Waals surface area contributed by atoms with Gasteiger partial charge in [0.25, 0.3) is 7.82 Å². The molecule has 2 rings (SSSR count). The number of primary amides is 1. The summed E-state index contributed by atoms with van der Waals surface area (Å²) < 4.78 is 44.2. The van der Waals surface area contributed by atoms with Gasteiger partial charge in [-0.05, 0) is 53.4 Å². The molecule has 9 N–H and O–H groups in total. The number of aliphatic carboxylic acids is 1. The number of hydrogen-bond donors (Lipinski definition) is 7. The fourth-order valence-electron chi connectivity index (χ4n) is 5.25. The van der Waals surface area contributed by atoms with Gasteiger partial charge in [-0.25, -0.2) is 0 Å². The Balaban J connectivity index is 2.13. The number of hydrogen-bond acceptors (Lipinski definition) is 17. The Labute approximate surface area is 302 Å². The van der Waals surface area contributed by atoms with Crippen molar-refractivity contribution < 1.29 is 77.4 Å². The van der Waals surface area contributed by atoms with Gasteiger partial charge in [-0.1, -0.05) is 34.9 Å². The van der Waals surface area contributed by atoms with Crippen LogP contribution in [-0.2, 0) is 46.9 Å². The van der Waals surface area contributed by atoms with Crippen molar-refractivity contribution in [3.8, 4) is 0 Å². The first-order chi connectivity index (χ1) is 24.3. The summed E-state index contributed by atoms with van der Waals surface area (Å²) in [6.45, 7) is 6.90. The highest BCUT2D eigenvalue weighted by atomic mass is 31.2. The summed E-state index contributed by atoms with van der Waals surface area (Å²) >= 11 is 0. The average molecular weight is 766 g/mol. The lowest BCUT2D eigenvalue weighted by atomic mass is 9.94. The third kappa shape index (κ3) is 14.3. The zero-order chi connectivity index (χ0) is 39.3. The number of aliphatic hydroxyl groups excluding tert-OH is 4. The summed E-state index contributed by atoms with van der Waals surface area (Å²) in [6.07, 6.45) is -8.02. The van der Waals surface area contributed by atoms with Gasteiger partial charge in [0.15, 0.2) is 18.7 Å². The number of allylic oxidation sites excluding steroid dienone is 5. The zero-order valence-corrected chi connectivity index (χ0v) is 30.7. The minimum absolute atomic E-state index is 0.227. The number of phosphoric ester groups is 1. The summed E-state index contributed by atoms with van der Waals surface area (Å²) in [6, 6.07) is -2.71. The molecular formula is C32H52N3O16P-2. The number of phosphoric acid groups is 1. The van der Waals surface area contributed by atoms with E-state index in [1.807, 2.05) is 27.7 Å². The SMILES string of the molecule is CC(=O)NC1[C@H](O[C@H]2C(OP(=O)([O-])OC[C@@H](OC/C=C(/C)CC/C=C(\C)CCC=C(C)C)C(=O)[O-])OC(C(N)=O)C(O)[C@@H]2O)OC(CO)[C@H](O)[C@@H]1N. The van der Waals surface area contributed by atoms with E-state index in [9.17, 15) is 49.4 Å². The molecule has 0 aliphatic carbocycles. The summed E-state index contributed by atoms with van der Waals surface area (Å²) in [7, 11) is -5.63. The van der Waals surface area contributed by atoms with Crippen molar-refractivity contribution in [3.63, 3.8) is 0 Å². The Hall–Kier alpha value is -2.62. The van der Waals surface area contributed by atoms with Crippen LogP contribution in [0.15, 0.2) is 34.9 Å². The number of carbonyl (C=O) groups excluding carboxylic acids is 3. The number of nitrogens with two attached hydrogens (primary N) is 2. The molecule has 6 unspecified atom stereocenters. The average Bonchev–Trinajstić information content (AvgIpc) is 3.04. The van der Waals surface area contributed by atoms with Crippen LogP contribution in [0.2, 0.25) is 0 Å². The van der Waals surface area contributed by atoms with Crippen molar-refractivity contribution in [1.29, 1.82) is 0 Å². The molecule has 52 heavy (non-hydrogen) atoms. The van der Waals surface area contributed by atoms with Crippen molar-refractivity contribution in [1.82, 2.24) is 5.32 Å². The molecule has 0 radical (unpaired) electrons. The maximum absolute atomic E-state index is 12.9. The Morgan fingerprint density at radius 1 is 0.942 bits per heavy atom. The molecular weight excluding hydrogens is 713 g/mol. The molecule has 0 aromatic carbocycles. The molecule has 298 valence electrons. The fraction of sp³-hybridized carbons (Fsp3) is 0.719. The van der Waals surface area contributed by atoms with Gasteiger partial charge in [0.1, 0.15) is 30.5 Å².